The van der Waals surface area contributed by atoms with Gasteiger partial charge in [-0.05, 0) is 49.8 Å². The van der Waals surface area contributed by atoms with Crippen LogP contribution in [0.1, 0.15) is 37.7 Å². The van der Waals surface area contributed by atoms with Crippen molar-refractivity contribution >= 4 is 16.0 Å². The number of methoxy groups -OCH3 is 1. The fourth-order valence-electron chi connectivity index (χ4n) is 3.06. The molecule has 1 aliphatic rings. The largest absolute Gasteiger partial charge is 0.383 e. The summed E-state index contributed by atoms with van der Waals surface area (Å²) in [5, 5.41) is 6.56. The van der Waals surface area contributed by atoms with Gasteiger partial charge in [-0.3, -0.25) is 4.99 Å². The average molecular weight is 409 g/mol. The zero-order valence-electron chi connectivity index (χ0n) is 16.8. The third kappa shape index (κ3) is 7.61. The van der Waals surface area contributed by atoms with Gasteiger partial charge < -0.3 is 15.4 Å². The Hall–Kier alpha value is -1.90. The maximum absolute atomic E-state index is 12.3. The van der Waals surface area contributed by atoms with E-state index in [4.69, 9.17) is 4.74 Å². The van der Waals surface area contributed by atoms with Crippen LogP contribution in [0.2, 0.25) is 0 Å². The van der Waals surface area contributed by atoms with Gasteiger partial charge in [-0.15, -0.1) is 0 Å². The van der Waals surface area contributed by atoms with E-state index in [0.717, 1.165) is 18.5 Å². The van der Waals surface area contributed by atoms with Gasteiger partial charge in [-0.25, -0.2) is 13.1 Å². The second kappa shape index (κ2) is 11.8. The van der Waals surface area contributed by atoms with Crippen molar-refractivity contribution in [2.75, 3.05) is 33.9 Å². The molecular formula is C20H32N4O3S. The van der Waals surface area contributed by atoms with Crippen LogP contribution in [0.5, 0.6) is 0 Å². The molecule has 7 nitrogen and oxygen atoms in total. The fourth-order valence-corrected chi connectivity index (χ4v) is 4.15. The Bertz CT molecular complexity index is 775. The van der Waals surface area contributed by atoms with Crippen LogP contribution in [-0.4, -0.2) is 48.2 Å². The molecule has 28 heavy (non-hydrogen) atoms. The van der Waals surface area contributed by atoms with Gasteiger partial charge in [0.15, 0.2) is 5.96 Å². The van der Waals surface area contributed by atoms with Crippen LogP contribution in [0.3, 0.4) is 0 Å². The summed E-state index contributed by atoms with van der Waals surface area (Å²) in [6.07, 6.45) is 8.38. The Labute approximate surface area is 168 Å². The lowest BCUT2D eigenvalue weighted by atomic mass is 9.97. The SMILES string of the molecule is CN=C(NCCC1=CCCCC1)NCc1cccc(S(=O)(=O)NCCOC)c1. The number of ether oxygens (including phenoxy) is 1. The summed E-state index contributed by atoms with van der Waals surface area (Å²) < 4.78 is 32.0. The number of allylic oxidation sites excluding steroid dienone is 1. The first kappa shape index (κ1) is 22.4. The lowest BCUT2D eigenvalue weighted by Gasteiger charge is -2.15. The molecule has 0 spiro atoms. The summed E-state index contributed by atoms with van der Waals surface area (Å²) in [5.74, 6) is 0.711. The van der Waals surface area contributed by atoms with Crippen molar-refractivity contribution in [3.8, 4) is 0 Å². The van der Waals surface area contributed by atoms with E-state index in [9.17, 15) is 8.42 Å². The van der Waals surface area contributed by atoms with Gasteiger partial charge in [0.1, 0.15) is 0 Å². The Kier molecular flexibility index (Phi) is 9.46. The minimum absolute atomic E-state index is 0.244. The zero-order chi connectivity index (χ0) is 20.2. The van der Waals surface area contributed by atoms with Gasteiger partial charge in [0.25, 0.3) is 0 Å². The third-order valence-electron chi connectivity index (χ3n) is 4.61. The van der Waals surface area contributed by atoms with Crippen LogP contribution < -0.4 is 15.4 Å². The summed E-state index contributed by atoms with van der Waals surface area (Å²) in [5.41, 5.74) is 2.39. The summed E-state index contributed by atoms with van der Waals surface area (Å²) in [4.78, 5) is 4.48. The minimum atomic E-state index is -3.54. The molecule has 0 heterocycles. The Balaban J connectivity index is 1.84. The molecule has 0 aliphatic heterocycles. The molecule has 2 rings (SSSR count). The van der Waals surface area contributed by atoms with Crippen molar-refractivity contribution in [1.29, 1.82) is 0 Å². The standard InChI is InChI=1S/C20H32N4O3S/c1-21-20(22-12-11-17-7-4-3-5-8-17)23-16-18-9-6-10-19(15-18)28(25,26)24-13-14-27-2/h6-7,9-10,15,24H,3-5,8,11-14,16H2,1-2H3,(H2,21,22,23). The lowest BCUT2D eigenvalue weighted by Crippen LogP contribution is -2.37. The molecule has 0 radical (unpaired) electrons. The van der Waals surface area contributed by atoms with E-state index in [1.54, 1.807) is 25.2 Å². The number of nitrogens with zero attached hydrogens (tertiary/aromatic N) is 1. The number of nitrogens with one attached hydrogen (secondary N) is 3. The van der Waals surface area contributed by atoms with Gasteiger partial charge in [0, 0.05) is 33.8 Å². The highest BCUT2D eigenvalue weighted by Crippen LogP contribution is 2.19. The maximum Gasteiger partial charge on any atom is 0.240 e. The Morgan fingerprint density at radius 1 is 1.21 bits per heavy atom. The maximum atomic E-state index is 12.3. The van der Waals surface area contributed by atoms with E-state index < -0.39 is 10.0 Å². The Morgan fingerprint density at radius 2 is 2.07 bits per heavy atom. The van der Waals surface area contributed by atoms with Gasteiger partial charge >= 0.3 is 0 Å². The molecule has 0 amide bonds. The zero-order valence-corrected chi connectivity index (χ0v) is 17.6. The normalized spacial score (nSPS) is 15.2. The van der Waals surface area contributed by atoms with Crippen LogP contribution >= 0.6 is 0 Å². The van der Waals surface area contributed by atoms with Crippen LogP contribution in [0.4, 0.5) is 0 Å². The van der Waals surface area contributed by atoms with Crippen LogP contribution in [0.25, 0.3) is 0 Å². The summed E-state index contributed by atoms with van der Waals surface area (Å²) in [6, 6.07) is 6.89. The van der Waals surface area contributed by atoms with Crippen molar-refractivity contribution in [3.05, 3.63) is 41.5 Å². The van der Waals surface area contributed by atoms with E-state index in [0.29, 0.717) is 19.1 Å². The first-order valence-corrected chi connectivity index (χ1v) is 11.2. The van der Waals surface area contributed by atoms with Crippen molar-refractivity contribution in [1.82, 2.24) is 15.4 Å². The molecule has 1 aromatic rings. The lowest BCUT2D eigenvalue weighted by molar-refractivity contribution is 0.204. The molecule has 1 aromatic carbocycles. The van der Waals surface area contributed by atoms with E-state index >= 15 is 0 Å². The molecule has 0 unspecified atom stereocenters. The van der Waals surface area contributed by atoms with Gasteiger partial charge in [0.2, 0.25) is 10.0 Å². The van der Waals surface area contributed by atoms with Crippen LogP contribution in [0.15, 0.2) is 45.8 Å². The van der Waals surface area contributed by atoms with Gasteiger partial charge in [0.05, 0.1) is 11.5 Å². The number of benzene rings is 1. The number of aliphatic imine (C=N–C) groups is 1. The molecule has 0 saturated carbocycles. The highest BCUT2D eigenvalue weighted by atomic mass is 32.2. The molecule has 0 aromatic heterocycles. The van der Waals surface area contributed by atoms with Crippen molar-refractivity contribution < 1.29 is 13.2 Å². The molecule has 3 N–H and O–H groups in total. The number of rotatable bonds is 10. The average Bonchev–Trinajstić information content (AvgIpc) is 2.71. The molecular weight excluding hydrogens is 376 g/mol. The molecule has 0 fully saturated rings. The van der Waals surface area contributed by atoms with E-state index in [2.05, 4.69) is 26.4 Å². The monoisotopic (exact) mass is 408 g/mol. The third-order valence-corrected chi connectivity index (χ3v) is 6.07. The number of guanidine groups is 1. The summed E-state index contributed by atoms with van der Waals surface area (Å²) in [7, 11) is -0.268. The summed E-state index contributed by atoms with van der Waals surface area (Å²) >= 11 is 0. The molecule has 0 saturated heterocycles. The molecule has 156 valence electrons. The molecule has 0 bridgehead atoms. The van der Waals surface area contributed by atoms with Gasteiger partial charge in [-0.2, -0.15) is 0 Å². The number of sulfonamides is 1. The molecule has 0 atom stereocenters. The second-order valence-corrected chi connectivity index (χ2v) is 8.52. The van der Waals surface area contributed by atoms with Gasteiger partial charge in [-0.1, -0.05) is 23.8 Å². The first-order valence-electron chi connectivity index (χ1n) is 9.75. The van der Waals surface area contributed by atoms with Crippen LogP contribution in [0, 0.1) is 0 Å². The summed E-state index contributed by atoms with van der Waals surface area (Å²) in [6.45, 7) is 1.90. The van der Waals surface area contributed by atoms with E-state index in [1.165, 1.54) is 38.4 Å². The fraction of sp³-hybridized carbons (Fsp3) is 0.550. The van der Waals surface area contributed by atoms with Crippen LogP contribution in [-0.2, 0) is 21.3 Å². The number of hydrogen-bond donors (Lipinski definition) is 3. The van der Waals surface area contributed by atoms with Crippen molar-refractivity contribution in [2.24, 2.45) is 4.99 Å². The second-order valence-electron chi connectivity index (χ2n) is 6.75. The first-order chi connectivity index (χ1) is 13.5. The van der Waals surface area contributed by atoms with Crippen molar-refractivity contribution in [2.45, 2.75) is 43.5 Å². The highest BCUT2D eigenvalue weighted by Gasteiger charge is 2.13. The quantitative estimate of drug-likeness (QED) is 0.239. The van der Waals surface area contributed by atoms with Crippen molar-refractivity contribution in [3.63, 3.8) is 0 Å². The predicted octanol–water partition coefficient (Wildman–Crippen LogP) is 2.17. The highest BCUT2D eigenvalue weighted by molar-refractivity contribution is 7.89. The topological polar surface area (TPSA) is 91.8 Å². The minimum Gasteiger partial charge on any atom is -0.383 e. The van der Waals surface area contributed by atoms with E-state index in [-0.39, 0.29) is 11.4 Å². The smallest absolute Gasteiger partial charge is 0.240 e. The number of hydrogen-bond acceptors (Lipinski definition) is 4. The molecule has 8 heteroatoms. The molecule has 1 aliphatic carbocycles. The predicted molar refractivity (Wildman–Crippen MR) is 113 cm³/mol. The Morgan fingerprint density at radius 3 is 2.79 bits per heavy atom. The van der Waals surface area contributed by atoms with E-state index in [1.807, 2.05) is 6.07 Å².